The van der Waals surface area contributed by atoms with Crippen LogP contribution in [0.4, 0.5) is 0 Å². The normalized spacial score (nSPS) is 15.1. The van der Waals surface area contributed by atoms with Crippen LogP contribution in [0.25, 0.3) is 0 Å². The minimum atomic E-state index is -0.0791. The summed E-state index contributed by atoms with van der Waals surface area (Å²) >= 11 is 4.99. The number of hydrogen-bond acceptors (Lipinski definition) is 3. The number of thiocarbonyl (C=S) groups is 1. The molecule has 0 spiro atoms. The third-order valence-corrected chi connectivity index (χ3v) is 2.73. The average molecular weight is 213 g/mol. The van der Waals surface area contributed by atoms with Crippen molar-refractivity contribution in [3.8, 4) is 0 Å². The van der Waals surface area contributed by atoms with Gasteiger partial charge in [-0.1, -0.05) is 0 Å². The van der Waals surface area contributed by atoms with E-state index in [4.69, 9.17) is 18.1 Å². The molecule has 0 fully saturated rings. The van der Waals surface area contributed by atoms with E-state index in [1.807, 2.05) is 4.90 Å². The number of H-pyrrole nitrogens is 2. The third-order valence-electron chi connectivity index (χ3n) is 2.36. The quantitative estimate of drug-likeness (QED) is 0.247. The Morgan fingerprint density at radius 3 is 3.07 bits per heavy atom. The van der Waals surface area contributed by atoms with Crippen molar-refractivity contribution in [2.24, 2.45) is 5.84 Å². The monoisotopic (exact) mass is 213 g/mol. The molecule has 5 N–H and O–H groups in total. The van der Waals surface area contributed by atoms with E-state index >= 15 is 0 Å². The van der Waals surface area contributed by atoms with Crippen LogP contribution >= 0.6 is 12.2 Å². The first-order valence-corrected chi connectivity index (χ1v) is 4.67. The molecule has 0 saturated carbocycles. The Labute approximate surface area is 85.4 Å². The summed E-state index contributed by atoms with van der Waals surface area (Å²) in [6.45, 7) is 1.28. The van der Waals surface area contributed by atoms with Gasteiger partial charge in [0.15, 0.2) is 5.11 Å². The minimum absolute atomic E-state index is 0.0791. The lowest BCUT2D eigenvalue weighted by molar-refractivity contribution is 0.385. The molecule has 6 nitrogen and oxygen atoms in total. The van der Waals surface area contributed by atoms with Crippen LogP contribution in [0.3, 0.4) is 0 Å². The van der Waals surface area contributed by atoms with Gasteiger partial charge in [0.2, 0.25) is 0 Å². The average Bonchev–Trinajstić information content (AvgIpc) is 2.59. The van der Waals surface area contributed by atoms with Crippen LogP contribution in [0, 0.1) is 0 Å². The summed E-state index contributed by atoms with van der Waals surface area (Å²) in [5.74, 6) is 5.21. The van der Waals surface area contributed by atoms with Gasteiger partial charge in [-0.15, -0.1) is 0 Å². The zero-order valence-electron chi connectivity index (χ0n) is 7.46. The first kappa shape index (κ1) is 9.22. The predicted octanol–water partition coefficient (Wildman–Crippen LogP) is -1.19. The Balaban J connectivity index is 2.24. The number of rotatable bonds is 0. The number of nitrogens with two attached hydrogens (primary N) is 1. The molecular weight excluding hydrogens is 202 g/mol. The summed E-state index contributed by atoms with van der Waals surface area (Å²) in [5.41, 5.74) is 4.04. The summed E-state index contributed by atoms with van der Waals surface area (Å²) in [4.78, 5) is 13.2. The molecule has 2 heterocycles. The third kappa shape index (κ3) is 1.40. The van der Waals surface area contributed by atoms with Gasteiger partial charge in [0, 0.05) is 18.7 Å². The first-order chi connectivity index (χ1) is 6.72. The SMILES string of the molecule is NNC(=S)N1CCc2[nH][nH]c(=O)c2C1. The second-order valence-electron chi connectivity index (χ2n) is 3.16. The molecular formula is C7H11N5OS. The van der Waals surface area contributed by atoms with Crippen LogP contribution in [-0.2, 0) is 13.0 Å². The van der Waals surface area contributed by atoms with E-state index < -0.39 is 0 Å². The lowest BCUT2D eigenvalue weighted by Gasteiger charge is -2.27. The van der Waals surface area contributed by atoms with Crippen molar-refractivity contribution in [1.82, 2.24) is 20.5 Å². The van der Waals surface area contributed by atoms with Gasteiger partial charge in [-0.2, -0.15) is 0 Å². The molecule has 1 aliphatic heterocycles. The summed E-state index contributed by atoms with van der Waals surface area (Å²) in [6, 6.07) is 0. The van der Waals surface area contributed by atoms with Crippen molar-refractivity contribution >= 4 is 17.3 Å². The van der Waals surface area contributed by atoms with Gasteiger partial charge in [-0.25, -0.2) is 5.84 Å². The molecule has 14 heavy (non-hydrogen) atoms. The highest BCUT2D eigenvalue weighted by molar-refractivity contribution is 7.80. The predicted molar refractivity (Wildman–Crippen MR) is 55.4 cm³/mol. The van der Waals surface area contributed by atoms with Gasteiger partial charge in [-0.3, -0.25) is 9.89 Å². The number of nitrogens with one attached hydrogen (secondary N) is 3. The fraction of sp³-hybridized carbons (Fsp3) is 0.429. The van der Waals surface area contributed by atoms with Crippen molar-refractivity contribution in [3.05, 3.63) is 21.6 Å². The molecule has 0 aliphatic carbocycles. The fourth-order valence-corrected chi connectivity index (χ4v) is 1.74. The highest BCUT2D eigenvalue weighted by Gasteiger charge is 2.21. The minimum Gasteiger partial charge on any atom is -0.343 e. The van der Waals surface area contributed by atoms with Crippen LogP contribution in [-0.4, -0.2) is 26.8 Å². The van der Waals surface area contributed by atoms with E-state index in [0.717, 1.165) is 24.2 Å². The molecule has 0 saturated heterocycles. The fourth-order valence-electron chi connectivity index (χ4n) is 1.58. The molecule has 76 valence electrons. The molecule has 0 unspecified atom stereocenters. The Morgan fingerprint density at radius 2 is 2.36 bits per heavy atom. The van der Waals surface area contributed by atoms with E-state index in [0.29, 0.717) is 11.7 Å². The van der Waals surface area contributed by atoms with Gasteiger partial charge < -0.3 is 15.4 Å². The molecule has 1 aromatic heterocycles. The summed E-state index contributed by atoms with van der Waals surface area (Å²) in [7, 11) is 0. The molecule has 0 radical (unpaired) electrons. The van der Waals surface area contributed by atoms with Crippen molar-refractivity contribution in [2.75, 3.05) is 6.54 Å². The number of aromatic amines is 2. The second kappa shape index (κ2) is 3.43. The smallest absolute Gasteiger partial charge is 0.269 e. The highest BCUT2D eigenvalue weighted by atomic mass is 32.1. The van der Waals surface area contributed by atoms with Crippen LogP contribution in [0.5, 0.6) is 0 Å². The van der Waals surface area contributed by atoms with Gasteiger partial charge in [0.25, 0.3) is 5.56 Å². The van der Waals surface area contributed by atoms with Gasteiger partial charge in [-0.05, 0) is 12.2 Å². The summed E-state index contributed by atoms with van der Waals surface area (Å²) in [5, 5.41) is 5.87. The maximum absolute atomic E-state index is 11.3. The lowest BCUT2D eigenvalue weighted by atomic mass is 10.1. The summed E-state index contributed by atoms with van der Waals surface area (Å²) < 4.78 is 0. The van der Waals surface area contributed by atoms with Crippen LogP contribution in [0.1, 0.15) is 11.3 Å². The van der Waals surface area contributed by atoms with Gasteiger partial charge in [0.1, 0.15) is 0 Å². The Bertz CT molecular complexity index is 408. The first-order valence-electron chi connectivity index (χ1n) is 4.26. The number of nitrogens with zero attached hydrogens (tertiary/aromatic N) is 1. The maximum Gasteiger partial charge on any atom is 0.269 e. The van der Waals surface area contributed by atoms with Crippen molar-refractivity contribution in [3.63, 3.8) is 0 Å². The topological polar surface area (TPSA) is 89.9 Å². The van der Waals surface area contributed by atoms with Gasteiger partial charge in [0.05, 0.1) is 12.1 Å². The molecule has 1 aromatic rings. The van der Waals surface area contributed by atoms with Crippen molar-refractivity contribution < 1.29 is 0 Å². The summed E-state index contributed by atoms with van der Waals surface area (Å²) in [6.07, 6.45) is 0.774. The second-order valence-corrected chi connectivity index (χ2v) is 3.54. The Hall–Kier alpha value is -1.34. The molecule has 1 aliphatic rings. The van der Waals surface area contributed by atoms with E-state index in [1.165, 1.54) is 0 Å². The van der Waals surface area contributed by atoms with Crippen LogP contribution in [0.15, 0.2) is 4.79 Å². The molecule has 0 atom stereocenters. The zero-order valence-corrected chi connectivity index (χ0v) is 8.28. The number of hydrazine groups is 1. The maximum atomic E-state index is 11.3. The van der Waals surface area contributed by atoms with Crippen molar-refractivity contribution in [1.29, 1.82) is 0 Å². The number of hydrogen-bond donors (Lipinski definition) is 4. The number of fused-ring (bicyclic) bond motifs is 1. The van der Waals surface area contributed by atoms with Crippen LogP contribution in [0.2, 0.25) is 0 Å². The Morgan fingerprint density at radius 1 is 1.57 bits per heavy atom. The zero-order chi connectivity index (χ0) is 10.1. The number of aromatic nitrogens is 2. The largest absolute Gasteiger partial charge is 0.343 e. The van der Waals surface area contributed by atoms with E-state index in [2.05, 4.69) is 15.6 Å². The molecule has 0 amide bonds. The molecule has 0 aromatic carbocycles. The van der Waals surface area contributed by atoms with Crippen LogP contribution < -0.4 is 16.8 Å². The van der Waals surface area contributed by atoms with E-state index in [1.54, 1.807) is 0 Å². The molecule has 7 heteroatoms. The molecule has 2 rings (SSSR count). The standard InChI is InChI=1S/C7H11N5OS/c8-9-7(14)12-2-1-5-4(3-12)6(13)11-10-5/h1-3,8H2,(H,9,14)(H2,10,11,13). The molecule has 0 bridgehead atoms. The van der Waals surface area contributed by atoms with Crippen molar-refractivity contribution in [2.45, 2.75) is 13.0 Å². The highest BCUT2D eigenvalue weighted by Crippen LogP contribution is 2.12. The van der Waals surface area contributed by atoms with E-state index in [-0.39, 0.29) is 5.56 Å². The Kier molecular flexibility index (Phi) is 2.26. The lowest BCUT2D eigenvalue weighted by Crippen LogP contribution is -2.45. The van der Waals surface area contributed by atoms with Gasteiger partial charge >= 0.3 is 0 Å². The van der Waals surface area contributed by atoms with E-state index in [9.17, 15) is 4.79 Å².